The highest BCUT2D eigenvalue weighted by Gasteiger charge is 2.41. The number of nitrogens with zero attached hydrogens (tertiary/aromatic N) is 1. The number of carbonyl (C=O) groups is 1. The Bertz CT molecular complexity index is 434. The monoisotopic (exact) mass is 238 g/mol. The highest BCUT2D eigenvalue weighted by atomic mass is 19.1. The molecule has 5 heteroatoms. The van der Waals surface area contributed by atoms with Crippen molar-refractivity contribution in [2.24, 2.45) is 0 Å². The zero-order valence-electron chi connectivity index (χ0n) is 9.87. The van der Waals surface area contributed by atoms with Crippen molar-refractivity contribution in [1.29, 1.82) is 0 Å². The van der Waals surface area contributed by atoms with Gasteiger partial charge in [0.2, 0.25) is 0 Å². The van der Waals surface area contributed by atoms with Gasteiger partial charge in [0.15, 0.2) is 0 Å². The summed E-state index contributed by atoms with van der Waals surface area (Å²) in [6.07, 6.45) is 4.64. The third-order valence-electron chi connectivity index (χ3n) is 2.95. The molecular weight excluding hydrogens is 223 g/mol. The number of hydrogen-bond donors (Lipinski definition) is 1. The topological polar surface area (TPSA) is 51.2 Å². The minimum Gasteiger partial charge on any atom is -0.467 e. The lowest BCUT2D eigenvalue weighted by Crippen LogP contribution is -2.48. The molecule has 0 amide bonds. The van der Waals surface area contributed by atoms with E-state index in [1.807, 2.05) is 0 Å². The highest BCUT2D eigenvalue weighted by Crippen LogP contribution is 2.29. The molecule has 0 spiro atoms. The standard InChI is InChI=1S/C12H15FN2O2/c1-12(11(16)17-2,15-10-3-4-10)8-5-9(13)7-14-6-8/h5-7,10,15H,3-4H2,1-2H3. The second-order valence-electron chi connectivity index (χ2n) is 4.43. The van der Waals surface area contributed by atoms with Crippen molar-refractivity contribution in [3.63, 3.8) is 0 Å². The molecule has 2 rings (SSSR count). The normalized spacial score (nSPS) is 18.5. The third kappa shape index (κ3) is 2.44. The number of carbonyl (C=O) groups excluding carboxylic acids is 1. The minimum absolute atomic E-state index is 0.294. The van der Waals surface area contributed by atoms with E-state index < -0.39 is 17.3 Å². The first-order chi connectivity index (χ1) is 8.06. The van der Waals surface area contributed by atoms with Crippen molar-refractivity contribution < 1.29 is 13.9 Å². The van der Waals surface area contributed by atoms with Crippen molar-refractivity contribution in [3.05, 3.63) is 29.8 Å². The Labute approximate surface area is 99.2 Å². The van der Waals surface area contributed by atoms with E-state index >= 15 is 0 Å². The largest absolute Gasteiger partial charge is 0.467 e. The van der Waals surface area contributed by atoms with Crippen LogP contribution in [0, 0.1) is 5.82 Å². The van der Waals surface area contributed by atoms with E-state index in [2.05, 4.69) is 10.3 Å². The van der Waals surface area contributed by atoms with Gasteiger partial charge in [-0.25, -0.2) is 9.18 Å². The fraction of sp³-hybridized carbons (Fsp3) is 0.500. The van der Waals surface area contributed by atoms with Crippen LogP contribution in [0.5, 0.6) is 0 Å². The van der Waals surface area contributed by atoms with Crippen molar-refractivity contribution in [2.45, 2.75) is 31.3 Å². The smallest absolute Gasteiger partial charge is 0.330 e. The third-order valence-corrected chi connectivity index (χ3v) is 2.95. The maximum Gasteiger partial charge on any atom is 0.330 e. The zero-order valence-corrected chi connectivity index (χ0v) is 9.87. The first-order valence-corrected chi connectivity index (χ1v) is 5.53. The van der Waals surface area contributed by atoms with Crippen LogP contribution < -0.4 is 5.32 Å². The molecule has 1 N–H and O–H groups in total. The number of nitrogens with one attached hydrogen (secondary N) is 1. The van der Waals surface area contributed by atoms with Gasteiger partial charge in [-0.15, -0.1) is 0 Å². The lowest BCUT2D eigenvalue weighted by molar-refractivity contribution is -0.148. The molecule has 1 aliphatic rings. The summed E-state index contributed by atoms with van der Waals surface area (Å²) in [6.45, 7) is 1.69. The molecule has 0 saturated heterocycles. The van der Waals surface area contributed by atoms with Gasteiger partial charge in [-0.05, 0) is 25.8 Å². The van der Waals surface area contributed by atoms with E-state index in [1.54, 1.807) is 6.92 Å². The second-order valence-corrected chi connectivity index (χ2v) is 4.43. The van der Waals surface area contributed by atoms with Crippen LogP contribution in [0.4, 0.5) is 4.39 Å². The molecule has 17 heavy (non-hydrogen) atoms. The molecule has 1 aromatic rings. The van der Waals surface area contributed by atoms with E-state index in [0.29, 0.717) is 11.6 Å². The summed E-state index contributed by atoms with van der Waals surface area (Å²) in [4.78, 5) is 15.6. The minimum atomic E-state index is -1.04. The maximum atomic E-state index is 13.2. The first kappa shape index (κ1) is 12.0. The summed E-state index contributed by atoms with van der Waals surface area (Å²) in [6, 6.07) is 1.60. The fourth-order valence-electron chi connectivity index (χ4n) is 1.79. The van der Waals surface area contributed by atoms with Crippen LogP contribution in [0.2, 0.25) is 0 Å². The summed E-state index contributed by atoms with van der Waals surface area (Å²) in [5.41, 5.74) is -0.554. The van der Waals surface area contributed by atoms with Crippen molar-refractivity contribution in [3.8, 4) is 0 Å². The number of halogens is 1. The number of hydrogen-bond acceptors (Lipinski definition) is 4. The van der Waals surface area contributed by atoms with Crippen LogP contribution in [0.25, 0.3) is 0 Å². The average Bonchev–Trinajstić information content (AvgIpc) is 3.11. The molecule has 0 bridgehead atoms. The molecule has 0 aliphatic heterocycles. The van der Waals surface area contributed by atoms with Crippen LogP contribution >= 0.6 is 0 Å². The van der Waals surface area contributed by atoms with E-state index in [0.717, 1.165) is 19.0 Å². The number of aromatic nitrogens is 1. The van der Waals surface area contributed by atoms with Crippen molar-refractivity contribution >= 4 is 5.97 Å². The quantitative estimate of drug-likeness (QED) is 0.805. The Morgan fingerprint density at radius 1 is 1.59 bits per heavy atom. The fourth-order valence-corrected chi connectivity index (χ4v) is 1.79. The molecular formula is C12H15FN2O2. The van der Waals surface area contributed by atoms with Crippen LogP contribution in [0.1, 0.15) is 25.3 Å². The number of methoxy groups -OCH3 is 1. The zero-order chi connectivity index (χ0) is 12.5. The van der Waals surface area contributed by atoms with Gasteiger partial charge in [-0.2, -0.15) is 0 Å². The molecule has 4 nitrogen and oxygen atoms in total. The predicted molar refractivity (Wildman–Crippen MR) is 59.7 cm³/mol. The molecule has 0 radical (unpaired) electrons. The molecule has 1 aliphatic carbocycles. The summed E-state index contributed by atoms with van der Waals surface area (Å²) >= 11 is 0. The average molecular weight is 238 g/mol. The van der Waals surface area contributed by atoms with Gasteiger partial charge in [-0.1, -0.05) is 0 Å². The van der Waals surface area contributed by atoms with Crippen LogP contribution in [0.3, 0.4) is 0 Å². The summed E-state index contributed by atoms with van der Waals surface area (Å²) in [7, 11) is 1.32. The molecule has 1 aromatic heterocycles. The lowest BCUT2D eigenvalue weighted by Gasteiger charge is -2.28. The van der Waals surface area contributed by atoms with Gasteiger partial charge >= 0.3 is 5.97 Å². The molecule has 0 aromatic carbocycles. The summed E-state index contributed by atoms with van der Waals surface area (Å²) < 4.78 is 18.0. The van der Waals surface area contributed by atoms with Crippen molar-refractivity contribution in [1.82, 2.24) is 10.3 Å². The molecule has 1 unspecified atom stereocenters. The van der Waals surface area contributed by atoms with Gasteiger partial charge in [0.05, 0.1) is 13.3 Å². The Balaban J connectivity index is 2.34. The summed E-state index contributed by atoms with van der Waals surface area (Å²) in [5.74, 6) is -0.896. The van der Waals surface area contributed by atoms with Gasteiger partial charge in [0, 0.05) is 17.8 Å². The van der Waals surface area contributed by atoms with Crippen LogP contribution in [-0.2, 0) is 15.1 Å². The van der Waals surface area contributed by atoms with E-state index in [-0.39, 0.29) is 0 Å². The van der Waals surface area contributed by atoms with E-state index in [4.69, 9.17) is 4.74 Å². The Kier molecular flexibility index (Phi) is 3.11. The number of rotatable bonds is 4. The van der Waals surface area contributed by atoms with Crippen molar-refractivity contribution in [2.75, 3.05) is 7.11 Å². The molecule has 92 valence electrons. The highest BCUT2D eigenvalue weighted by molar-refractivity contribution is 5.82. The number of pyridine rings is 1. The Morgan fingerprint density at radius 3 is 2.82 bits per heavy atom. The first-order valence-electron chi connectivity index (χ1n) is 5.53. The van der Waals surface area contributed by atoms with E-state index in [1.165, 1.54) is 19.4 Å². The molecule has 1 heterocycles. The number of esters is 1. The SMILES string of the molecule is COC(=O)C(C)(NC1CC1)c1cncc(F)c1. The van der Waals surface area contributed by atoms with Crippen LogP contribution in [0.15, 0.2) is 18.5 Å². The van der Waals surface area contributed by atoms with Gasteiger partial charge < -0.3 is 4.74 Å². The van der Waals surface area contributed by atoms with Gasteiger partial charge in [0.25, 0.3) is 0 Å². The summed E-state index contributed by atoms with van der Waals surface area (Å²) in [5, 5.41) is 3.18. The van der Waals surface area contributed by atoms with Gasteiger partial charge in [-0.3, -0.25) is 10.3 Å². The number of ether oxygens (including phenoxy) is 1. The molecule has 1 fully saturated rings. The maximum absolute atomic E-state index is 13.2. The Morgan fingerprint density at radius 2 is 2.29 bits per heavy atom. The molecule has 1 saturated carbocycles. The predicted octanol–water partition coefficient (Wildman–Crippen LogP) is 1.36. The molecule has 1 atom stereocenters. The van der Waals surface area contributed by atoms with E-state index in [9.17, 15) is 9.18 Å². The second kappa shape index (κ2) is 4.41. The lowest BCUT2D eigenvalue weighted by atomic mass is 9.93. The Hall–Kier alpha value is -1.49. The van der Waals surface area contributed by atoms with Gasteiger partial charge in [0.1, 0.15) is 11.4 Å². The van der Waals surface area contributed by atoms with Crippen LogP contribution in [-0.4, -0.2) is 24.1 Å².